The first-order chi connectivity index (χ1) is 19.9. The van der Waals surface area contributed by atoms with E-state index >= 15 is 0 Å². The number of benzene rings is 2. The fourth-order valence-electron chi connectivity index (χ4n) is 4.99. The van der Waals surface area contributed by atoms with Gasteiger partial charge in [0.15, 0.2) is 0 Å². The standard InChI is InChI=1S/C29H28N4O8/c34-15-24-23(35)12-26(41-24)33-14-17(27(37)32-28(33)38)6-5-11-30-25(36)13-31-29(39)40-16-22-20-9-3-1-7-18(20)19-8-2-4-10-21(19)22/h1-4,7-10,14,22-24,26,34-35H,11-13,15-16H2,(H,30,36)(H,31,39)(H,32,37,38)/t23-,24+,26+/m0/s1. The van der Waals surface area contributed by atoms with Gasteiger partial charge in [-0.15, -0.1) is 0 Å². The number of H-pyrrole nitrogens is 1. The van der Waals surface area contributed by atoms with Gasteiger partial charge in [0.1, 0.15) is 31.0 Å². The highest BCUT2D eigenvalue weighted by molar-refractivity contribution is 5.82. The number of aromatic nitrogens is 2. The van der Waals surface area contributed by atoms with E-state index in [-0.39, 0.29) is 37.6 Å². The minimum atomic E-state index is -0.962. The zero-order valence-electron chi connectivity index (χ0n) is 21.8. The van der Waals surface area contributed by atoms with Crippen molar-refractivity contribution in [1.82, 2.24) is 20.2 Å². The molecule has 1 aliphatic carbocycles. The van der Waals surface area contributed by atoms with Crippen LogP contribution < -0.4 is 21.9 Å². The number of fused-ring (bicyclic) bond motifs is 3. The molecule has 1 fully saturated rings. The van der Waals surface area contributed by atoms with Crippen LogP contribution in [-0.4, -0.2) is 70.3 Å². The Balaban J connectivity index is 1.10. The summed E-state index contributed by atoms with van der Waals surface area (Å²) in [6.07, 6.45) is -2.16. The van der Waals surface area contributed by atoms with E-state index in [1.54, 1.807) is 0 Å². The Hall–Kier alpha value is -4.70. The van der Waals surface area contributed by atoms with Crippen LogP contribution in [-0.2, 0) is 14.3 Å². The van der Waals surface area contributed by atoms with Crippen molar-refractivity contribution in [1.29, 1.82) is 0 Å². The van der Waals surface area contributed by atoms with Gasteiger partial charge in [-0.3, -0.25) is 19.1 Å². The number of carbonyl (C=O) groups excluding carboxylic acids is 2. The molecule has 5 N–H and O–H groups in total. The van der Waals surface area contributed by atoms with Crippen molar-refractivity contribution in [2.75, 3.05) is 26.3 Å². The van der Waals surface area contributed by atoms with Gasteiger partial charge in [0, 0.05) is 18.5 Å². The van der Waals surface area contributed by atoms with Crippen LogP contribution in [0.1, 0.15) is 35.3 Å². The molecule has 1 saturated heterocycles. The SMILES string of the molecule is O=C(CNC(=O)OCC1c2ccccc2-c2ccccc21)NCC#Cc1cn([C@H]2C[C@H](O)[C@@H](CO)O2)c(=O)[nH]c1=O. The normalized spacial score (nSPS) is 19.0. The monoisotopic (exact) mass is 560 g/mol. The number of amides is 2. The molecule has 2 aliphatic rings. The Morgan fingerprint density at radius 2 is 1.76 bits per heavy atom. The van der Waals surface area contributed by atoms with E-state index in [1.165, 1.54) is 6.20 Å². The summed E-state index contributed by atoms with van der Waals surface area (Å²) in [6, 6.07) is 15.9. The van der Waals surface area contributed by atoms with Crippen LogP contribution in [0.15, 0.2) is 64.3 Å². The third-order valence-corrected chi connectivity index (χ3v) is 7.00. The third kappa shape index (κ3) is 6.07. The first kappa shape index (κ1) is 27.9. The lowest BCUT2D eigenvalue weighted by Crippen LogP contribution is -2.37. The zero-order chi connectivity index (χ0) is 28.9. The quantitative estimate of drug-likeness (QED) is 0.255. The van der Waals surface area contributed by atoms with E-state index in [2.05, 4.69) is 27.5 Å². The van der Waals surface area contributed by atoms with Crippen LogP contribution in [0.4, 0.5) is 4.79 Å². The summed E-state index contributed by atoms with van der Waals surface area (Å²) >= 11 is 0. The summed E-state index contributed by atoms with van der Waals surface area (Å²) in [7, 11) is 0. The van der Waals surface area contributed by atoms with Gasteiger partial charge in [-0.1, -0.05) is 60.4 Å². The summed E-state index contributed by atoms with van der Waals surface area (Å²) in [5.74, 6) is 4.58. The maximum absolute atomic E-state index is 12.3. The van der Waals surface area contributed by atoms with E-state index in [9.17, 15) is 29.4 Å². The smallest absolute Gasteiger partial charge is 0.407 e. The van der Waals surface area contributed by atoms with E-state index in [0.29, 0.717) is 0 Å². The number of ether oxygens (including phenoxy) is 2. The third-order valence-electron chi connectivity index (χ3n) is 7.00. The van der Waals surface area contributed by atoms with E-state index in [0.717, 1.165) is 26.8 Å². The number of aliphatic hydroxyl groups excluding tert-OH is 2. The largest absolute Gasteiger partial charge is 0.449 e. The second-order valence-electron chi connectivity index (χ2n) is 9.58. The summed E-state index contributed by atoms with van der Waals surface area (Å²) in [5, 5.41) is 24.1. The topological polar surface area (TPSA) is 172 Å². The number of alkyl carbamates (subject to hydrolysis) is 1. The molecule has 1 aromatic heterocycles. The fraction of sp³-hybridized carbons (Fsp3) is 0.310. The van der Waals surface area contributed by atoms with Crippen LogP contribution in [0.3, 0.4) is 0 Å². The van der Waals surface area contributed by atoms with Gasteiger partial charge in [-0.25, -0.2) is 9.59 Å². The van der Waals surface area contributed by atoms with Gasteiger partial charge in [-0.05, 0) is 22.3 Å². The molecule has 0 saturated carbocycles. The summed E-state index contributed by atoms with van der Waals surface area (Å²) in [4.78, 5) is 50.9. The molecule has 3 aromatic rings. The average molecular weight is 561 g/mol. The number of rotatable bonds is 7. The van der Waals surface area contributed by atoms with E-state index in [1.807, 2.05) is 48.5 Å². The van der Waals surface area contributed by atoms with Gasteiger partial charge >= 0.3 is 11.8 Å². The predicted molar refractivity (Wildman–Crippen MR) is 146 cm³/mol. The van der Waals surface area contributed by atoms with Gasteiger partial charge in [0.05, 0.1) is 19.3 Å². The lowest BCUT2D eigenvalue weighted by atomic mass is 9.98. The molecule has 12 nitrogen and oxygen atoms in total. The molecule has 0 radical (unpaired) electrons. The number of nitrogens with one attached hydrogen (secondary N) is 3. The Morgan fingerprint density at radius 1 is 1.07 bits per heavy atom. The maximum Gasteiger partial charge on any atom is 0.407 e. The van der Waals surface area contributed by atoms with Gasteiger partial charge in [-0.2, -0.15) is 0 Å². The Bertz CT molecular complexity index is 1590. The van der Waals surface area contributed by atoms with Gasteiger partial charge in [0.25, 0.3) is 5.56 Å². The summed E-state index contributed by atoms with van der Waals surface area (Å²) in [6.45, 7) is -0.764. The second-order valence-corrected chi connectivity index (χ2v) is 9.58. The molecule has 1 aliphatic heterocycles. The number of hydrogen-bond donors (Lipinski definition) is 5. The number of carbonyl (C=O) groups is 2. The lowest BCUT2D eigenvalue weighted by Gasteiger charge is -2.14. The summed E-state index contributed by atoms with van der Waals surface area (Å²) in [5.41, 5.74) is 2.85. The predicted octanol–water partition coefficient (Wildman–Crippen LogP) is 0.184. The number of nitrogens with zero attached hydrogens (tertiary/aromatic N) is 1. The Morgan fingerprint density at radius 3 is 2.41 bits per heavy atom. The number of aromatic amines is 1. The molecule has 2 heterocycles. The highest BCUT2D eigenvalue weighted by Crippen LogP contribution is 2.44. The maximum atomic E-state index is 12.3. The van der Waals surface area contributed by atoms with Crippen LogP contribution >= 0.6 is 0 Å². The molecule has 0 bridgehead atoms. The minimum Gasteiger partial charge on any atom is -0.449 e. The lowest BCUT2D eigenvalue weighted by molar-refractivity contribution is -0.119. The first-order valence-corrected chi connectivity index (χ1v) is 13.0. The van der Waals surface area contributed by atoms with Gasteiger partial charge in [0.2, 0.25) is 5.91 Å². The minimum absolute atomic E-state index is 0.0524. The van der Waals surface area contributed by atoms with Crippen molar-refractivity contribution in [3.05, 3.63) is 92.3 Å². The molecule has 2 aromatic carbocycles. The van der Waals surface area contributed by atoms with Crippen LogP contribution in [0.2, 0.25) is 0 Å². The van der Waals surface area contributed by atoms with Crippen molar-refractivity contribution >= 4 is 12.0 Å². The van der Waals surface area contributed by atoms with Gasteiger partial charge < -0.3 is 30.3 Å². The molecule has 2 amide bonds. The Labute approximate surface area is 233 Å². The highest BCUT2D eigenvalue weighted by atomic mass is 16.6. The highest BCUT2D eigenvalue weighted by Gasteiger charge is 2.35. The van der Waals surface area contributed by atoms with Crippen molar-refractivity contribution < 1.29 is 29.3 Å². The Kier molecular flexibility index (Phi) is 8.30. The van der Waals surface area contributed by atoms with Crippen molar-refractivity contribution in [2.45, 2.75) is 30.8 Å². The molecule has 5 rings (SSSR count). The van der Waals surface area contributed by atoms with Crippen molar-refractivity contribution in [3.8, 4) is 23.0 Å². The molecule has 41 heavy (non-hydrogen) atoms. The van der Waals surface area contributed by atoms with E-state index < -0.39 is 48.3 Å². The van der Waals surface area contributed by atoms with Crippen LogP contribution in [0.5, 0.6) is 0 Å². The molecule has 0 spiro atoms. The molecule has 12 heteroatoms. The molecule has 0 unspecified atom stereocenters. The molecule has 212 valence electrons. The van der Waals surface area contributed by atoms with E-state index in [4.69, 9.17) is 9.47 Å². The first-order valence-electron chi connectivity index (χ1n) is 13.0. The number of hydrogen-bond acceptors (Lipinski definition) is 8. The average Bonchev–Trinajstić information content (AvgIpc) is 3.51. The van der Waals surface area contributed by atoms with Crippen molar-refractivity contribution in [2.24, 2.45) is 0 Å². The van der Waals surface area contributed by atoms with Crippen LogP contribution in [0, 0.1) is 11.8 Å². The summed E-state index contributed by atoms with van der Waals surface area (Å²) < 4.78 is 11.9. The molecular formula is C29H28N4O8. The molecule has 3 atom stereocenters. The fourth-order valence-corrected chi connectivity index (χ4v) is 4.99. The van der Waals surface area contributed by atoms with Crippen molar-refractivity contribution in [3.63, 3.8) is 0 Å². The zero-order valence-corrected chi connectivity index (χ0v) is 21.8. The number of aliphatic hydroxyl groups is 2. The molecular weight excluding hydrogens is 532 g/mol. The second kappa shape index (κ2) is 12.2. The van der Waals surface area contributed by atoms with Crippen LogP contribution in [0.25, 0.3) is 11.1 Å².